The van der Waals surface area contributed by atoms with Gasteiger partial charge in [0.1, 0.15) is 5.82 Å². The van der Waals surface area contributed by atoms with Crippen LogP contribution in [0, 0.1) is 11.6 Å². The lowest BCUT2D eigenvalue weighted by Gasteiger charge is -2.10. The second kappa shape index (κ2) is 4.93. The average Bonchev–Trinajstić information content (AvgIpc) is 2.36. The van der Waals surface area contributed by atoms with Gasteiger partial charge in [-0.25, -0.2) is 13.6 Å². The van der Waals surface area contributed by atoms with E-state index in [9.17, 15) is 13.6 Å². The molecule has 0 amide bonds. The molecule has 0 atom stereocenters. The zero-order chi connectivity index (χ0) is 14.0. The van der Waals surface area contributed by atoms with Gasteiger partial charge in [-0.15, -0.1) is 0 Å². The van der Waals surface area contributed by atoms with Crippen molar-refractivity contribution >= 4 is 11.7 Å². The summed E-state index contributed by atoms with van der Waals surface area (Å²) in [6.45, 7) is 0. The van der Waals surface area contributed by atoms with Gasteiger partial charge in [0.05, 0.1) is 11.3 Å². The topological polar surface area (TPSA) is 72.5 Å². The number of benzene rings is 2. The molecule has 0 unspecified atom stereocenters. The Kier molecular flexibility index (Phi) is 3.33. The van der Waals surface area contributed by atoms with E-state index in [1.165, 1.54) is 18.2 Å². The molecule has 0 aliphatic heterocycles. The number of ether oxygens (including phenoxy) is 1. The molecule has 6 heteroatoms. The van der Waals surface area contributed by atoms with Crippen molar-refractivity contribution in [3.63, 3.8) is 0 Å². The molecule has 0 fully saturated rings. The quantitative estimate of drug-likeness (QED) is 0.836. The Bertz CT molecular complexity index is 644. The van der Waals surface area contributed by atoms with Crippen molar-refractivity contribution < 1.29 is 23.4 Å². The summed E-state index contributed by atoms with van der Waals surface area (Å²) in [5.74, 6) is -3.10. The molecule has 4 nitrogen and oxygen atoms in total. The molecule has 0 saturated heterocycles. The Morgan fingerprint density at radius 3 is 2.58 bits per heavy atom. The standard InChI is InChI=1S/C13H9F2NO3/c14-7-4-5-9(15)11(6-7)19-10-3-1-2-8(12(10)16)13(17)18/h1-6H,16H2,(H,17,18). The molecule has 0 aromatic heterocycles. The molecule has 0 bridgehead atoms. The van der Waals surface area contributed by atoms with Crippen LogP contribution in [0.5, 0.6) is 11.5 Å². The predicted octanol–water partition coefficient (Wildman–Crippen LogP) is 3.04. The van der Waals surface area contributed by atoms with Crippen LogP contribution >= 0.6 is 0 Å². The summed E-state index contributed by atoms with van der Waals surface area (Å²) >= 11 is 0. The lowest BCUT2D eigenvalue weighted by atomic mass is 10.1. The number of carbonyl (C=O) groups is 1. The van der Waals surface area contributed by atoms with Gasteiger partial charge >= 0.3 is 5.97 Å². The minimum Gasteiger partial charge on any atom is -0.478 e. The van der Waals surface area contributed by atoms with Gasteiger partial charge in [-0.1, -0.05) is 6.07 Å². The van der Waals surface area contributed by atoms with Crippen molar-refractivity contribution in [1.29, 1.82) is 0 Å². The number of hydrogen-bond donors (Lipinski definition) is 2. The van der Waals surface area contributed by atoms with Crippen LogP contribution in [0.25, 0.3) is 0 Å². The highest BCUT2D eigenvalue weighted by Crippen LogP contribution is 2.31. The van der Waals surface area contributed by atoms with Gasteiger partial charge in [-0.3, -0.25) is 0 Å². The molecule has 19 heavy (non-hydrogen) atoms. The van der Waals surface area contributed by atoms with Crippen molar-refractivity contribution in [2.45, 2.75) is 0 Å². The number of para-hydroxylation sites is 1. The minimum absolute atomic E-state index is 0.0515. The van der Waals surface area contributed by atoms with Crippen LogP contribution in [0.2, 0.25) is 0 Å². The van der Waals surface area contributed by atoms with Gasteiger partial charge in [0.15, 0.2) is 17.3 Å². The lowest BCUT2D eigenvalue weighted by Crippen LogP contribution is -2.04. The third kappa shape index (κ3) is 2.62. The van der Waals surface area contributed by atoms with E-state index in [1.54, 1.807) is 0 Å². The van der Waals surface area contributed by atoms with Crippen LogP contribution in [-0.4, -0.2) is 11.1 Å². The molecule has 0 spiro atoms. The molecular weight excluding hydrogens is 256 g/mol. The Hall–Kier alpha value is -2.63. The third-order valence-corrected chi connectivity index (χ3v) is 2.41. The van der Waals surface area contributed by atoms with E-state index in [-0.39, 0.29) is 22.7 Å². The highest BCUT2D eigenvalue weighted by Gasteiger charge is 2.14. The number of anilines is 1. The van der Waals surface area contributed by atoms with Gasteiger partial charge in [0, 0.05) is 6.07 Å². The molecule has 2 aromatic carbocycles. The Morgan fingerprint density at radius 1 is 1.16 bits per heavy atom. The maximum atomic E-state index is 13.4. The first-order chi connectivity index (χ1) is 8.99. The Labute approximate surface area is 107 Å². The number of hydrogen-bond acceptors (Lipinski definition) is 3. The minimum atomic E-state index is -1.23. The zero-order valence-electron chi connectivity index (χ0n) is 9.56. The number of nitrogen functional groups attached to an aromatic ring is 1. The molecule has 0 radical (unpaired) electrons. The number of carboxylic acid groups (broad SMARTS) is 1. The molecule has 3 N–H and O–H groups in total. The second-order valence-corrected chi connectivity index (χ2v) is 3.70. The molecule has 0 aliphatic rings. The maximum Gasteiger partial charge on any atom is 0.337 e. The molecular formula is C13H9F2NO3. The summed E-state index contributed by atoms with van der Waals surface area (Å²) in [6, 6.07) is 6.74. The first kappa shape index (κ1) is 12.8. The van der Waals surface area contributed by atoms with E-state index in [1.807, 2.05) is 0 Å². The third-order valence-electron chi connectivity index (χ3n) is 2.41. The van der Waals surface area contributed by atoms with Crippen molar-refractivity contribution in [3.8, 4) is 11.5 Å². The smallest absolute Gasteiger partial charge is 0.337 e. The number of halogens is 2. The molecule has 98 valence electrons. The van der Waals surface area contributed by atoms with Crippen LogP contribution < -0.4 is 10.5 Å². The Balaban J connectivity index is 2.41. The van der Waals surface area contributed by atoms with Crippen molar-refractivity contribution in [1.82, 2.24) is 0 Å². The Morgan fingerprint density at radius 2 is 1.89 bits per heavy atom. The fraction of sp³-hybridized carbons (Fsp3) is 0. The maximum absolute atomic E-state index is 13.4. The summed E-state index contributed by atoms with van der Waals surface area (Å²) < 4.78 is 31.5. The summed E-state index contributed by atoms with van der Waals surface area (Å²) in [5.41, 5.74) is 5.27. The van der Waals surface area contributed by atoms with Gasteiger partial charge in [-0.05, 0) is 24.3 Å². The molecule has 2 aromatic rings. The van der Waals surface area contributed by atoms with Gasteiger partial charge < -0.3 is 15.6 Å². The largest absolute Gasteiger partial charge is 0.478 e. The van der Waals surface area contributed by atoms with Crippen LogP contribution in [-0.2, 0) is 0 Å². The SMILES string of the molecule is Nc1c(Oc2cc(F)ccc2F)cccc1C(=O)O. The summed E-state index contributed by atoms with van der Waals surface area (Å²) in [5, 5.41) is 8.89. The molecule has 0 saturated carbocycles. The van der Waals surface area contributed by atoms with Crippen LogP contribution in [0.15, 0.2) is 36.4 Å². The fourth-order valence-electron chi connectivity index (χ4n) is 1.49. The van der Waals surface area contributed by atoms with Crippen molar-refractivity contribution in [2.24, 2.45) is 0 Å². The van der Waals surface area contributed by atoms with Crippen LogP contribution in [0.3, 0.4) is 0 Å². The normalized spacial score (nSPS) is 10.2. The van der Waals surface area contributed by atoms with E-state index in [2.05, 4.69) is 0 Å². The fourth-order valence-corrected chi connectivity index (χ4v) is 1.49. The second-order valence-electron chi connectivity index (χ2n) is 3.70. The number of aromatic carboxylic acids is 1. The van der Waals surface area contributed by atoms with E-state index in [0.29, 0.717) is 0 Å². The average molecular weight is 265 g/mol. The highest BCUT2D eigenvalue weighted by molar-refractivity contribution is 5.95. The van der Waals surface area contributed by atoms with E-state index >= 15 is 0 Å². The van der Waals surface area contributed by atoms with Crippen molar-refractivity contribution in [2.75, 3.05) is 5.73 Å². The number of nitrogens with two attached hydrogens (primary N) is 1. The number of rotatable bonds is 3. The van der Waals surface area contributed by atoms with Gasteiger partial charge in [0.2, 0.25) is 0 Å². The van der Waals surface area contributed by atoms with Gasteiger partial charge in [-0.2, -0.15) is 0 Å². The van der Waals surface area contributed by atoms with E-state index < -0.39 is 17.6 Å². The summed E-state index contributed by atoms with van der Waals surface area (Å²) in [7, 11) is 0. The monoisotopic (exact) mass is 265 g/mol. The lowest BCUT2D eigenvalue weighted by molar-refractivity contribution is 0.0697. The van der Waals surface area contributed by atoms with Crippen LogP contribution in [0.1, 0.15) is 10.4 Å². The summed E-state index contributed by atoms with van der Waals surface area (Å²) in [6.07, 6.45) is 0. The molecule has 2 rings (SSSR count). The first-order valence-electron chi connectivity index (χ1n) is 5.23. The van der Waals surface area contributed by atoms with E-state index in [0.717, 1.165) is 18.2 Å². The zero-order valence-corrected chi connectivity index (χ0v) is 9.56. The number of carboxylic acids is 1. The molecule has 0 heterocycles. The first-order valence-corrected chi connectivity index (χ1v) is 5.23. The van der Waals surface area contributed by atoms with Crippen LogP contribution in [0.4, 0.5) is 14.5 Å². The predicted molar refractivity (Wildman–Crippen MR) is 64.2 cm³/mol. The van der Waals surface area contributed by atoms with Crippen molar-refractivity contribution in [3.05, 3.63) is 53.6 Å². The summed E-state index contributed by atoms with van der Waals surface area (Å²) in [4.78, 5) is 10.9. The van der Waals surface area contributed by atoms with E-state index in [4.69, 9.17) is 15.6 Å². The highest BCUT2D eigenvalue weighted by atomic mass is 19.1. The molecule has 0 aliphatic carbocycles. The van der Waals surface area contributed by atoms with Gasteiger partial charge in [0.25, 0.3) is 0 Å².